The zero-order chi connectivity index (χ0) is 11.1. The second kappa shape index (κ2) is 2.32. The third-order valence-corrected chi connectivity index (χ3v) is 5.83. The lowest BCUT2D eigenvalue weighted by Gasteiger charge is -2.38. The van der Waals surface area contributed by atoms with Crippen molar-refractivity contribution in [2.75, 3.05) is 0 Å². The van der Waals surface area contributed by atoms with Crippen LogP contribution in [0, 0.1) is 17.3 Å². The maximum Gasteiger partial charge on any atom is 0.115 e. The SMILES string of the molecule is CC1C2CC23Cc2ccc(O)cc2C1(C)C3. The molecule has 1 N–H and O–H groups in total. The molecule has 0 radical (unpaired) electrons. The van der Waals surface area contributed by atoms with Gasteiger partial charge < -0.3 is 5.11 Å². The molecule has 1 heteroatoms. The van der Waals surface area contributed by atoms with Gasteiger partial charge in [0.25, 0.3) is 0 Å². The van der Waals surface area contributed by atoms with Gasteiger partial charge in [0.15, 0.2) is 0 Å². The van der Waals surface area contributed by atoms with E-state index in [0.717, 1.165) is 11.8 Å². The van der Waals surface area contributed by atoms with Crippen LogP contribution in [0.1, 0.15) is 37.8 Å². The number of hydrogen-bond donors (Lipinski definition) is 1. The fraction of sp³-hybridized carbons (Fsp3) is 0.600. The third kappa shape index (κ3) is 0.816. The highest BCUT2D eigenvalue weighted by Crippen LogP contribution is 2.75. The van der Waals surface area contributed by atoms with Crippen LogP contribution in [0.25, 0.3) is 0 Å². The van der Waals surface area contributed by atoms with Gasteiger partial charge in [0.2, 0.25) is 0 Å². The maximum atomic E-state index is 9.69. The molecule has 1 aromatic rings. The monoisotopic (exact) mass is 214 g/mol. The van der Waals surface area contributed by atoms with Crippen molar-refractivity contribution < 1.29 is 5.11 Å². The molecular weight excluding hydrogens is 196 g/mol. The summed E-state index contributed by atoms with van der Waals surface area (Å²) in [5.74, 6) is 2.17. The lowest BCUT2D eigenvalue weighted by atomic mass is 9.65. The van der Waals surface area contributed by atoms with E-state index < -0.39 is 0 Å². The van der Waals surface area contributed by atoms with Crippen molar-refractivity contribution in [3.8, 4) is 5.75 Å². The summed E-state index contributed by atoms with van der Waals surface area (Å²) >= 11 is 0. The van der Waals surface area contributed by atoms with Gasteiger partial charge in [-0.3, -0.25) is 0 Å². The summed E-state index contributed by atoms with van der Waals surface area (Å²) < 4.78 is 0. The molecule has 2 fully saturated rings. The van der Waals surface area contributed by atoms with E-state index in [2.05, 4.69) is 19.9 Å². The van der Waals surface area contributed by atoms with Crippen LogP contribution in [0.15, 0.2) is 18.2 Å². The molecule has 3 aliphatic carbocycles. The molecule has 1 spiro atoms. The first-order chi connectivity index (χ1) is 7.55. The van der Waals surface area contributed by atoms with Gasteiger partial charge in [0, 0.05) is 0 Å². The molecule has 1 nitrogen and oxygen atoms in total. The van der Waals surface area contributed by atoms with Crippen LogP contribution < -0.4 is 0 Å². The summed E-state index contributed by atoms with van der Waals surface area (Å²) in [6.45, 7) is 4.82. The van der Waals surface area contributed by atoms with Crippen LogP contribution in [0.3, 0.4) is 0 Å². The summed E-state index contributed by atoms with van der Waals surface area (Å²) in [5.41, 5.74) is 3.91. The highest BCUT2D eigenvalue weighted by molar-refractivity contribution is 5.47. The first kappa shape index (κ1) is 9.09. The molecule has 0 aliphatic heterocycles. The Balaban J connectivity index is 1.97. The maximum absolute atomic E-state index is 9.69. The summed E-state index contributed by atoms with van der Waals surface area (Å²) in [6.07, 6.45) is 4.06. The average Bonchev–Trinajstić information content (AvgIpc) is 2.87. The van der Waals surface area contributed by atoms with Crippen LogP contribution in [0.4, 0.5) is 0 Å². The van der Waals surface area contributed by atoms with Crippen LogP contribution in [-0.4, -0.2) is 5.11 Å². The van der Waals surface area contributed by atoms with Crippen molar-refractivity contribution in [2.24, 2.45) is 17.3 Å². The van der Waals surface area contributed by atoms with E-state index in [1.807, 2.05) is 12.1 Å². The molecule has 0 saturated heterocycles. The minimum absolute atomic E-state index is 0.329. The minimum atomic E-state index is 0.329. The number of aromatic hydroxyl groups is 1. The van der Waals surface area contributed by atoms with Gasteiger partial charge in [-0.1, -0.05) is 19.9 Å². The van der Waals surface area contributed by atoms with Gasteiger partial charge in [-0.05, 0) is 65.2 Å². The van der Waals surface area contributed by atoms with Crippen molar-refractivity contribution >= 4 is 0 Å². The van der Waals surface area contributed by atoms with Gasteiger partial charge in [0.05, 0.1) is 0 Å². The van der Waals surface area contributed by atoms with Crippen molar-refractivity contribution in [2.45, 2.75) is 38.5 Å². The normalized spacial score (nSPS) is 47.4. The van der Waals surface area contributed by atoms with E-state index in [0.29, 0.717) is 16.6 Å². The second-order valence-corrected chi connectivity index (χ2v) is 6.57. The van der Waals surface area contributed by atoms with Gasteiger partial charge in [-0.25, -0.2) is 0 Å². The Bertz CT molecular complexity index is 492. The molecule has 3 aliphatic rings. The molecule has 0 amide bonds. The lowest BCUT2D eigenvalue weighted by Crippen LogP contribution is -2.32. The molecule has 1 aromatic carbocycles. The molecular formula is C15H18O. The summed E-state index contributed by atoms with van der Waals surface area (Å²) in [7, 11) is 0. The molecule has 4 atom stereocenters. The van der Waals surface area contributed by atoms with E-state index in [-0.39, 0.29) is 0 Å². The highest BCUT2D eigenvalue weighted by atomic mass is 16.3. The smallest absolute Gasteiger partial charge is 0.115 e. The number of phenolic OH excluding ortho intramolecular Hbond substituents is 1. The summed E-state index contributed by atoms with van der Waals surface area (Å²) in [5, 5.41) is 9.69. The molecule has 0 aromatic heterocycles. The van der Waals surface area contributed by atoms with E-state index in [1.165, 1.54) is 30.4 Å². The van der Waals surface area contributed by atoms with Crippen LogP contribution in [-0.2, 0) is 11.8 Å². The number of benzene rings is 1. The molecule has 4 unspecified atom stereocenters. The zero-order valence-corrected chi connectivity index (χ0v) is 9.96. The number of phenols is 1. The number of fused-ring (bicyclic) bond motifs is 3. The van der Waals surface area contributed by atoms with Crippen molar-refractivity contribution in [3.63, 3.8) is 0 Å². The Kier molecular flexibility index (Phi) is 1.32. The van der Waals surface area contributed by atoms with Crippen LogP contribution in [0.5, 0.6) is 5.75 Å². The summed E-state index contributed by atoms with van der Waals surface area (Å²) in [6, 6.07) is 6.02. The van der Waals surface area contributed by atoms with Crippen LogP contribution >= 0.6 is 0 Å². The van der Waals surface area contributed by atoms with E-state index >= 15 is 0 Å². The molecule has 16 heavy (non-hydrogen) atoms. The van der Waals surface area contributed by atoms with E-state index in [1.54, 1.807) is 0 Å². The predicted molar refractivity (Wildman–Crippen MR) is 63.5 cm³/mol. The van der Waals surface area contributed by atoms with E-state index in [9.17, 15) is 5.11 Å². The lowest BCUT2D eigenvalue weighted by molar-refractivity contribution is 0.290. The Hall–Kier alpha value is -0.980. The topological polar surface area (TPSA) is 20.2 Å². The van der Waals surface area contributed by atoms with Crippen molar-refractivity contribution in [3.05, 3.63) is 29.3 Å². The second-order valence-electron chi connectivity index (χ2n) is 6.57. The fourth-order valence-electron chi connectivity index (χ4n) is 4.86. The quantitative estimate of drug-likeness (QED) is 0.703. The largest absolute Gasteiger partial charge is 0.508 e. The van der Waals surface area contributed by atoms with E-state index in [4.69, 9.17) is 0 Å². The van der Waals surface area contributed by atoms with Gasteiger partial charge in [0.1, 0.15) is 5.75 Å². The number of hydrogen-bond acceptors (Lipinski definition) is 1. The van der Waals surface area contributed by atoms with Crippen molar-refractivity contribution in [1.29, 1.82) is 0 Å². The number of rotatable bonds is 0. The Morgan fingerprint density at radius 2 is 2.19 bits per heavy atom. The van der Waals surface area contributed by atoms with Gasteiger partial charge >= 0.3 is 0 Å². The van der Waals surface area contributed by atoms with Gasteiger partial charge in [-0.15, -0.1) is 0 Å². The Labute approximate surface area is 96.5 Å². The van der Waals surface area contributed by atoms with Gasteiger partial charge in [-0.2, -0.15) is 0 Å². The molecule has 2 bridgehead atoms. The highest BCUT2D eigenvalue weighted by Gasteiger charge is 2.69. The molecule has 4 rings (SSSR count). The standard InChI is InChI=1S/C15H18O/c1-9-13-7-15(13)6-10-3-4-11(16)5-12(10)14(9,2)8-15/h3-5,9,13,16H,6-8H2,1-2H3. The van der Waals surface area contributed by atoms with Crippen LogP contribution in [0.2, 0.25) is 0 Å². The molecule has 0 heterocycles. The predicted octanol–water partition coefficient (Wildman–Crippen LogP) is 3.25. The minimum Gasteiger partial charge on any atom is -0.508 e. The first-order valence-corrected chi connectivity index (χ1v) is 6.38. The first-order valence-electron chi connectivity index (χ1n) is 6.38. The average molecular weight is 214 g/mol. The molecule has 84 valence electrons. The fourth-order valence-corrected chi connectivity index (χ4v) is 4.86. The Morgan fingerprint density at radius 1 is 1.38 bits per heavy atom. The molecule has 2 saturated carbocycles. The summed E-state index contributed by atoms with van der Waals surface area (Å²) in [4.78, 5) is 0. The third-order valence-electron chi connectivity index (χ3n) is 5.83. The zero-order valence-electron chi connectivity index (χ0n) is 9.96. The Morgan fingerprint density at radius 3 is 3.00 bits per heavy atom. The van der Waals surface area contributed by atoms with Crippen molar-refractivity contribution in [1.82, 2.24) is 0 Å².